The molecule has 140 valence electrons. The highest BCUT2D eigenvalue weighted by atomic mass is 79.9. The van der Waals surface area contributed by atoms with Crippen molar-refractivity contribution in [3.63, 3.8) is 0 Å². The van der Waals surface area contributed by atoms with Crippen LogP contribution in [0.15, 0.2) is 51.8 Å². The summed E-state index contributed by atoms with van der Waals surface area (Å²) in [6, 6.07) is 11.4. The summed E-state index contributed by atoms with van der Waals surface area (Å²) >= 11 is 3.30. The van der Waals surface area contributed by atoms with E-state index in [0.717, 1.165) is 9.87 Å². The first-order valence-corrected chi connectivity index (χ1v) is 10.1. The second-order valence-electron chi connectivity index (χ2n) is 5.40. The van der Waals surface area contributed by atoms with E-state index in [1.807, 2.05) is 0 Å². The molecule has 0 unspecified atom stereocenters. The minimum Gasteiger partial charge on any atom is -0.496 e. The summed E-state index contributed by atoms with van der Waals surface area (Å²) in [7, 11) is -2.50. The predicted octanol–water partition coefficient (Wildman–Crippen LogP) is 3.52. The van der Waals surface area contributed by atoms with Gasteiger partial charge < -0.3 is 9.47 Å². The Balaban J connectivity index is 2.54. The molecule has 0 saturated heterocycles. The number of carbonyl (C=O) groups excluding carboxylic acids is 1. The fraction of sp³-hybridized carbons (Fsp3) is 0.278. The largest absolute Gasteiger partial charge is 0.496 e. The van der Waals surface area contributed by atoms with Gasteiger partial charge in [0.05, 0.1) is 28.8 Å². The molecule has 0 N–H and O–H groups in total. The highest BCUT2D eigenvalue weighted by Gasteiger charge is 2.29. The molecule has 0 amide bonds. The van der Waals surface area contributed by atoms with Gasteiger partial charge in [-0.1, -0.05) is 18.2 Å². The second kappa shape index (κ2) is 8.55. The molecule has 0 aliphatic rings. The predicted molar refractivity (Wildman–Crippen MR) is 103 cm³/mol. The molecular formula is C18H20BrNO5S. The highest BCUT2D eigenvalue weighted by molar-refractivity contribution is 9.10. The standard InChI is InChI=1S/C18H20BrNO5S/c1-4-25-18(21)12-20(16-8-6-5-7-13(16)2)26(22,23)14-9-10-17(24-3)15(19)11-14/h5-11H,4,12H2,1-3H3. The van der Waals surface area contributed by atoms with Gasteiger partial charge in [-0.05, 0) is 59.6 Å². The minimum atomic E-state index is -3.99. The van der Waals surface area contributed by atoms with E-state index >= 15 is 0 Å². The van der Waals surface area contributed by atoms with Crippen LogP contribution >= 0.6 is 15.9 Å². The van der Waals surface area contributed by atoms with E-state index in [9.17, 15) is 13.2 Å². The van der Waals surface area contributed by atoms with Crippen molar-refractivity contribution in [2.75, 3.05) is 24.6 Å². The highest BCUT2D eigenvalue weighted by Crippen LogP contribution is 2.31. The van der Waals surface area contributed by atoms with Gasteiger partial charge in [0, 0.05) is 0 Å². The Morgan fingerprint density at radius 3 is 2.46 bits per heavy atom. The quantitative estimate of drug-likeness (QED) is 0.614. The number of sulfonamides is 1. The molecule has 0 heterocycles. The number of ether oxygens (including phenoxy) is 2. The first-order chi connectivity index (χ1) is 12.3. The lowest BCUT2D eigenvalue weighted by Crippen LogP contribution is -2.37. The normalized spacial score (nSPS) is 11.1. The fourth-order valence-electron chi connectivity index (χ4n) is 2.40. The summed E-state index contributed by atoms with van der Waals surface area (Å²) in [6.45, 7) is 3.22. The van der Waals surface area contributed by atoms with E-state index in [0.29, 0.717) is 15.9 Å². The summed E-state index contributed by atoms with van der Waals surface area (Å²) in [5.41, 5.74) is 1.15. The van der Waals surface area contributed by atoms with Crippen LogP contribution in [0.3, 0.4) is 0 Å². The van der Waals surface area contributed by atoms with Gasteiger partial charge >= 0.3 is 5.97 Å². The van der Waals surface area contributed by atoms with E-state index in [4.69, 9.17) is 9.47 Å². The molecule has 2 rings (SSSR count). The van der Waals surface area contributed by atoms with Gasteiger partial charge in [0.15, 0.2) is 0 Å². The number of esters is 1. The summed E-state index contributed by atoms with van der Waals surface area (Å²) in [5, 5.41) is 0. The number of para-hydroxylation sites is 1. The number of nitrogens with zero attached hydrogens (tertiary/aromatic N) is 1. The number of hydrogen-bond donors (Lipinski definition) is 0. The molecule has 2 aromatic rings. The topological polar surface area (TPSA) is 72.9 Å². The van der Waals surface area contributed by atoms with Gasteiger partial charge in [0.25, 0.3) is 10.0 Å². The van der Waals surface area contributed by atoms with E-state index in [-0.39, 0.29) is 11.5 Å². The average Bonchev–Trinajstić information content (AvgIpc) is 2.60. The van der Waals surface area contributed by atoms with E-state index in [1.54, 1.807) is 44.2 Å². The zero-order valence-corrected chi connectivity index (χ0v) is 17.1. The third-order valence-electron chi connectivity index (χ3n) is 3.67. The van der Waals surface area contributed by atoms with Gasteiger partial charge in [0.1, 0.15) is 12.3 Å². The Bertz CT molecular complexity index is 898. The van der Waals surface area contributed by atoms with Gasteiger partial charge in [-0.25, -0.2) is 8.42 Å². The number of rotatable bonds is 7. The molecule has 26 heavy (non-hydrogen) atoms. The van der Waals surface area contributed by atoms with Crippen LogP contribution in [-0.4, -0.2) is 34.6 Å². The molecule has 0 aliphatic heterocycles. The van der Waals surface area contributed by atoms with Crippen molar-refractivity contribution in [2.45, 2.75) is 18.7 Å². The first-order valence-electron chi connectivity index (χ1n) is 7.88. The average molecular weight is 442 g/mol. The third kappa shape index (κ3) is 4.37. The molecule has 0 radical (unpaired) electrons. The van der Waals surface area contributed by atoms with Crippen LogP contribution in [0.25, 0.3) is 0 Å². The van der Waals surface area contributed by atoms with Crippen molar-refractivity contribution >= 4 is 37.6 Å². The number of methoxy groups -OCH3 is 1. The molecule has 0 bridgehead atoms. The molecule has 0 saturated carbocycles. The SMILES string of the molecule is CCOC(=O)CN(c1ccccc1C)S(=O)(=O)c1ccc(OC)c(Br)c1. The lowest BCUT2D eigenvalue weighted by atomic mass is 10.2. The Labute approximate surface area is 161 Å². The number of aryl methyl sites for hydroxylation is 1. The van der Waals surface area contributed by atoms with Crippen LogP contribution < -0.4 is 9.04 Å². The van der Waals surface area contributed by atoms with Crippen LogP contribution in [0.5, 0.6) is 5.75 Å². The van der Waals surface area contributed by atoms with E-state index in [2.05, 4.69) is 15.9 Å². The zero-order chi connectivity index (χ0) is 19.3. The maximum absolute atomic E-state index is 13.2. The summed E-state index contributed by atoms with van der Waals surface area (Å²) < 4.78 is 38.1. The number of hydrogen-bond acceptors (Lipinski definition) is 5. The third-order valence-corrected chi connectivity index (χ3v) is 6.05. The van der Waals surface area contributed by atoms with Gasteiger partial charge in [-0.3, -0.25) is 9.10 Å². The smallest absolute Gasteiger partial charge is 0.326 e. The van der Waals surface area contributed by atoms with Gasteiger partial charge in [-0.2, -0.15) is 0 Å². The number of anilines is 1. The molecule has 0 atom stereocenters. The maximum Gasteiger partial charge on any atom is 0.326 e. The van der Waals surface area contributed by atoms with Crippen LogP contribution in [0.2, 0.25) is 0 Å². The lowest BCUT2D eigenvalue weighted by Gasteiger charge is -2.25. The van der Waals surface area contributed by atoms with Crippen molar-refractivity contribution in [2.24, 2.45) is 0 Å². The van der Waals surface area contributed by atoms with Crippen molar-refractivity contribution in [1.29, 1.82) is 0 Å². The molecule has 0 spiro atoms. The van der Waals surface area contributed by atoms with E-state index in [1.165, 1.54) is 19.2 Å². The lowest BCUT2D eigenvalue weighted by molar-refractivity contribution is -0.141. The molecular weight excluding hydrogens is 422 g/mol. The molecule has 0 aliphatic carbocycles. The van der Waals surface area contributed by atoms with Crippen molar-refractivity contribution in [3.8, 4) is 5.75 Å². The van der Waals surface area contributed by atoms with Crippen LogP contribution in [0.4, 0.5) is 5.69 Å². The Hall–Kier alpha value is -2.06. The van der Waals surface area contributed by atoms with Crippen molar-refractivity contribution in [1.82, 2.24) is 0 Å². The Kier molecular flexibility index (Phi) is 6.66. The number of halogens is 1. The summed E-state index contributed by atoms with van der Waals surface area (Å²) in [5.74, 6) is -0.108. The van der Waals surface area contributed by atoms with Gasteiger partial charge in [-0.15, -0.1) is 0 Å². The number of benzene rings is 2. The monoisotopic (exact) mass is 441 g/mol. The Morgan fingerprint density at radius 1 is 1.19 bits per heavy atom. The summed E-state index contributed by atoms with van der Waals surface area (Å²) in [4.78, 5) is 12.1. The van der Waals surface area contributed by atoms with Crippen molar-refractivity contribution in [3.05, 3.63) is 52.5 Å². The molecule has 0 aromatic heterocycles. The zero-order valence-electron chi connectivity index (χ0n) is 14.7. The molecule has 0 fully saturated rings. The summed E-state index contributed by atoms with van der Waals surface area (Å²) in [6.07, 6.45) is 0. The fourth-order valence-corrected chi connectivity index (χ4v) is 4.59. The second-order valence-corrected chi connectivity index (χ2v) is 8.12. The Morgan fingerprint density at radius 2 is 1.88 bits per heavy atom. The molecule has 8 heteroatoms. The van der Waals surface area contributed by atoms with E-state index < -0.39 is 22.5 Å². The minimum absolute atomic E-state index is 0.0396. The molecule has 2 aromatic carbocycles. The van der Waals surface area contributed by atoms with Crippen LogP contribution in [0.1, 0.15) is 12.5 Å². The first kappa shape index (κ1) is 20.3. The molecule has 6 nitrogen and oxygen atoms in total. The number of carbonyl (C=O) groups is 1. The maximum atomic E-state index is 13.2. The van der Waals surface area contributed by atoms with Crippen molar-refractivity contribution < 1.29 is 22.7 Å². The van der Waals surface area contributed by atoms with Crippen LogP contribution in [0, 0.1) is 6.92 Å². The van der Waals surface area contributed by atoms with Gasteiger partial charge in [0.2, 0.25) is 0 Å². The van der Waals surface area contributed by atoms with Crippen LogP contribution in [-0.2, 0) is 19.6 Å².